The highest BCUT2D eigenvalue weighted by Crippen LogP contribution is 2.40. The fourth-order valence-corrected chi connectivity index (χ4v) is 5.61. The SMILES string of the molecule is COc1cc(-c2c(F)ccc(NS(=O)(=O)CCCF)c2F)cc2c(N3CCOCC3)nc(-c3ccc(N)nc3)nc12. The number of hydrogen-bond donors (Lipinski definition) is 2. The Morgan fingerprint density at radius 2 is 1.88 bits per heavy atom. The van der Waals surface area contributed by atoms with Gasteiger partial charge in [-0.2, -0.15) is 0 Å². The summed E-state index contributed by atoms with van der Waals surface area (Å²) in [6, 6.07) is 8.26. The van der Waals surface area contributed by atoms with Gasteiger partial charge in [-0.25, -0.2) is 32.2 Å². The van der Waals surface area contributed by atoms with Crippen LogP contribution in [0.2, 0.25) is 0 Å². The first-order valence-electron chi connectivity index (χ1n) is 12.7. The van der Waals surface area contributed by atoms with E-state index in [-0.39, 0.29) is 17.7 Å². The molecule has 10 nitrogen and oxygen atoms in total. The van der Waals surface area contributed by atoms with Gasteiger partial charge in [0.2, 0.25) is 10.0 Å². The number of sulfonamides is 1. The molecule has 14 heteroatoms. The molecule has 0 unspecified atom stereocenters. The van der Waals surface area contributed by atoms with Gasteiger partial charge in [-0.3, -0.25) is 9.11 Å². The van der Waals surface area contributed by atoms with Crippen LogP contribution in [0.3, 0.4) is 0 Å². The van der Waals surface area contributed by atoms with Crippen molar-refractivity contribution in [3.8, 4) is 28.3 Å². The molecule has 3 heterocycles. The molecule has 1 aliphatic heterocycles. The zero-order valence-corrected chi connectivity index (χ0v) is 22.8. The summed E-state index contributed by atoms with van der Waals surface area (Å²) >= 11 is 0. The minimum absolute atomic E-state index is 0.0779. The highest BCUT2D eigenvalue weighted by Gasteiger charge is 2.24. The van der Waals surface area contributed by atoms with Crippen LogP contribution in [-0.2, 0) is 14.8 Å². The number of halogens is 3. The Labute approximate surface area is 234 Å². The second kappa shape index (κ2) is 11.7. The number of fused-ring (bicyclic) bond motifs is 1. The van der Waals surface area contributed by atoms with Crippen LogP contribution >= 0.6 is 0 Å². The number of aromatic nitrogens is 3. The van der Waals surface area contributed by atoms with Gasteiger partial charge < -0.3 is 20.1 Å². The third kappa shape index (κ3) is 5.98. The predicted molar refractivity (Wildman–Crippen MR) is 150 cm³/mol. The maximum atomic E-state index is 15.7. The van der Waals surface area contributed by atoms with Gasteiger partial charge in [0.05, 0.1) is 44.0 Å². The quantitative estimate of drug-likeness (QED) is 0.296. The third-order valence-electron chi connectivity index (χ3n) is 6.51. The summed E-state index contributed by atoms with van der Waals surface area (Å²) in [6.07, 6.45) is 1.29. The number of nitrogen functional groups attached to an aromatic ring is 1. The van der Waals surface area contributed by atoms with Crippen LogP contribution in [0.4, 0.5) is 30.5 Å². The standard InChI is InChI=1S/C27H27F3N6O4S/c1-39-21-14-17(23-19(29)4-5-20(24(23)30)35-41(37,38)12-2-7-28)13-18-25(21)33-26(16-3-6-22(31)32-15-16)34-27(18)36-8-10-40-11-9-36/h3-6,13-15,35H,2,7-12H2,1H3,(H2,31,32). The van der Waals surface area contributed by atoms with Crippen molar-refractivity contribution in [2.75, 3.05) is 61.2 Å². The Morgan fingerprint density at radius 3 is 2.56 bits per heavy atom. The van der Waals surface area contributed by atoms with E-state index >= 15 is 8.78 Å². The molecule has 216 valence electrons. The van der Waals surface area contributed by atoms with Crippen molar-refractivity contribution in [1.29, 1.82) is 0 Å². The van der Waals surface area contributed by atoms with Crippen LogP contribution in [0.5, 0.6) is 5.75 Å². The van der Waals surface area contributed by atoms with Gasteiger partial charge in [-0.1, -0.05) is 0 Å². The molecule has 0 spiro atoms. The van der Waals surface area contributed by atoms with Crippen LogP contribution < -0.4 is 20.1 Å². The second-order valence-corrected chi connectivity index (χ2v) is 11.1. The molecular formula is C27H27F3N6O4S. The van der Waals surface area contributed by atoms with E-state index in [1.807, 2.05) is 4.90 Å². The molecule has 0 aliphatic carbocycles. The highest BCUT2D eigenvalue weighted by molar-refractivity contribution is 7.92. The van der Waals surface area contributed by atoms with Crippen molar-refractivity contribution in [2.45, 2.75) is 6.42 Å². The van der Waals surface area contributed by atoms with Gasteiger partial charge in [0.1, 0.15) is 28.7 Å². The van der Waals surface area contributed by atoms with Gasteiger partial charge in [-0.15, -0.1) is 0 Å². The monoisotopic (exact) mass is 588 g/mol. The number of rotatable bonds is 9. The molecule has 3 N–H and O–H groups in total. The van der Waals surface area contributed by atoms with Crippen LogP contribution in [0.15, 0.2) is 42.6 Å². The Bertz CT molecular complexity index is 1680. The summed E-state index contributed by atoms with van der Waals surface area (Å²) in [5.41, 5.74) is 5.88. The number of hydrogen-bond acceptors (Lipinski definition) is 9. The van der Waals surface area contributed by atoms with E-state index in [1.165, 1.54) is 19.2 Å². The minimum atomic E-state index is -4.06. The maximum absolute atomic E-state index is 15.7. The molecule has 2 aromatic heterocycles. The molecule has 0 atom stereocenters. The van der Waals surface area contributed by atoms with Gasteiger partial charge >= 0.3 is 0 Å². The van der Waals surface area contributed by atoms with Crippen molar-refractivity contribution in [3.05, 3.63) is 54.2 Å². The number of methoxy groups -OCH3 is 1. The Kier molecular flexibility index (Phi) is 8.13. The fraction of sp³-hybridized carbons (Fsp3) is 0.296. The first kappa shape index (κ1) is 28.4. The normalized spacial score (nSPS) is 13.9. The van der Waals surface area contributed by atoms with E-state index in [0.29, 0.717) is 60.2 Å². The summed E-state index contributed by atoms with van der Waals surface area (Å²) in [4.78, 5) is 15.6. The fourth-order valence-electron chi connectivity index (χ4n) is 4.53. The minimum Gasteiger partial charge on any atom is -0.494 e. The lowest BCUT2D eigenvalue weighted by Crippen LogP contribution is -2.37. The van der Waals surface area contributed by atoms with Crippen LogP contribution in [0.1, 0.15) is 6.42 Å². The number of morpholine rings is 1. The highest BCUT2D eigenvalue weighted by atomic mass is 32.2. The second-order valence-electron chi connectivity index (χ2n) is 9.26. The van der Waals surface area contributed by atoms with E-state index in [9.17, 15) is 12.8 Å². The molecular weight excluding hydrogens is 561 g/mol. The first-order valence-corrected chi connectivity index (χ1v) is 14.3. The van der Waals surface area contributed by atoms with Gasteiger partial charge in [0.15, 0.2) is 11.6 Å². The first-order chi connectivity index (χ1) is 19.7. The molecule has 41 heavy (non-hydrogen) atoms. The molecule has 0 radical (unpaired) electrons. The lowest BCUT2D eigenvalue weighted by Gasteiger charge is -2.29. The summed E-state index contributed by atoms with van der Waals surface area (Å²) in [6.45, 7) is 1.08. The third-order valence-corrected chi connectivity index (χ3v) is 7.87. The molecule has 5 rings (SSSR count). The van der Waals surface area contributed by atoms with Crippen molar-refractivity contribution < 1.29 is 31.1 Å². The Balaban J connectivity index is 1.70. The average molecular weight is 589 g/mol. The lowest BCUT2D eigenvalue weighted by atomic mass is 10.0. The smallest absolute Gasteiger partial charge is 0.232 e. The molecule has 4 aromatic rings. The van der Waals surface area contributed by atoms with Crippen molar-refractivity contribution in [3.63, 3.8) is 0 Å². The average Bonchev–Trinajstić information content (AvgIpc) is 2.97. The van der Waals surface area contributed by atoms with Gasteiger partial charge in [-0.05, 0) is 48.4 Å². The largest absolute Gasteiger partial charge is 0.494 e. The number of nitrogens with two attached hydrogens (primary N) is 1. The maximum Gasteiger partial charge on any atom is 0.232 e. The topological polar surface area (TPSA) is 133 Å². The predicted octanol–water partition coefficient (Wildman–Crippen LogP) is 4.17. The lowest BCUT2D eigenvalue weighted by molar-refractivity contribution is 0.122. The van der Waals surface area contributed by atoms with E-state index in [2.05, 4.69) is 9.71 Å². The number of benzene rings is 2. The molecule has 1 fully saturated rings. The number of ether oxygens (including phenoxy) is 2. The molecule has 2 aromatic carbocycles. The number of pyridine rings is 1. The number of nitrogens with one attached hydrogen (secondary N) is 1. The summed E-state index contributed by atoms with van der Waals surface area (Å²) in [5, 5.41) is 0.459. The summed E-state index contributed by atoms with van der Waals surface area (Å²) in [7, 11) is -2.66. The summed E-state index contributed by atoms with van der Waals surface area (Å²) < 4.78 is 81.2. The van der Waals surface area contributed by atoms with E-state index in [0.717, 1.165) is 12.1 Å². The van der Waals surface area contributed by atoms with Gasteiger partial charge in [0.25, 0.3) is 0 Å². The zero-order valence-electron chi connectivity index (χ0n) is 22.0. The Hall–Kier alpha value is -4.17. The van der Waals surface area contributed by atoms with Crippen LogP contribution in [-0.4, -0.2) is 69.2 Å². The van der Waals surface area contributed by atoms with E-state index in [1.54, 1.807) is 18.3 Å². The number of anilines is 3. The van der Waals surface area contributed by atoms with E-state index in [4.69, 9.17) is 25.2 Å². The number of nitrogens with zero attached hydrogens (tertiary/aromatic N) is 4. The number of alkyl halides is 1. The van der Waals surface area contributed by atoms with Crippen LogP contribution in [0.25, 0.3) is 33.4 Å². The molecule has 0 bridgehead atoms. The summed E-state index contributed by atoms with van der Waals surface area (Å²) in [5.74, 6) is -1.21. The van der Waals surface area contributed by atoms with Gasteiger partial charge in [0, 0.05) is 30.2 Å². The Morgan fingerprint density at radius 1 is 1.10 bits per heavy atom. The molecule has 0 saturated carbocycles. The van der Waals surface area contributed by atoms with Crippen LogP contribution in [0, 0.1) is 11.6 Å². The van der Waals surface area contributed by atoms with Crippen molar-refractivity contribution in [2.24, 2.45) is 0 Å². The van der Waals surface area contributed by atoms with Crippen molar-refractivity contribution in [1.82, 2.24) is 15.0 Å². The van der Waals surface area contributed by atoms with Crippen molar-refractivity contribution >= 4 is 38.2 Å². The zero-order chi connectivity index (χ0) is 29.1. The molecule has 1 aliphatic rings. The molecule has 1 saturated heterocycles. The molecule has 0 amide bonds. The van der Waals surface area contributed by atoms with E-state index < -0.39 is 45.3 Å².